The monoisotopic (exact) mass is 324 g/mol. The molecule has 22 heavy (non-hydrogen) atoms. The molecule has 0 amide bonds. The Labute approximate surface area is 134 Å². The molecule has 1 aromatic rings. The fraction of sp³-hybridized carbons (Fsp3) is 0.529. The third kappa shape index (κ3) is 4.74. The summed E-state index contributed by atoms with van der Waals surface area (Å²) in [5.74, 6) is -0.573. The quantitative estimate of drug-likeness (QED) is 0.747. The average molecular weight is 324 g/mol. The minimum atomic E-state index is -1.23. The highest BCUT2D eigenvalue weighted by molar-refractivity contribution is 7.85. The van der Waals surface area contributed by atoms with Gasteiger partial charge < -0.3 is 14.6 Å². The number of aliphatic hydroxyl groups excluding tert-OH is 1. The predicted octanol–water partition coefficient (Wildman–Crippen LogP) is 2.56. The molecule has 2 rings (SSSR count). The van der Waals surface area contributed by atoms with E-state index in [-0.39, 0.29) is 5.75 Å². The molecule has 0 spiro atoms. The Balaban J connectivity index is 1.93. The van der Waals surface area contributed by atoms with Crippen molar-refractivity contribution in [3.8, 4) is 0 Å². The maximum absolute atomic E-state index is 12.3. The maximum Gasteiger partial charge on any atom is 0.171 e. The van der Waals surface area contributed by atoms with Crippen LogP contribution in [0.1, 0.15) is 24.8 Å². The lowest BCUT2D eigenvalue weighted by Crippen LogP contribution is -2.36. The molecule has 1 N–H and O–H groups in total. The van der Waals surface area contributed by atoms with Gasteiger partial charge in [-0.3, -0.25) is 4.21 Å². The summed E-state index contributed by atoms with van der Waals surface area (Å²) in [6.45, 7) is 6.76. The van der Waals surface area contributed by atoms with Crippen molar-refractivity contribution in [3.05, 3.63) is 42.5 Å². The van der Waals surface area contributed by atoms with E-state index in [1.165, 1.54) is 0 Å². The fourth-order valence-corrected chi connectivity index (χ4v) is 3.66. The number of aliphatic hydroxyl groups is 1. The van der Waals surface area contributed by atoms with Gasteiger partial charge in [0.2, 0.25) is 0 Å². The van der Waals surface area contributed by atoms with Crippen molar-refractivity contribution in [1.82, 2.24) is 0 Å². The summed E-state index contributed by atoms with van der Waals surface area (Å²) in [5.41, 5.74) is 1.12. The van der Waals surface area contributed by atoms with Crippen molar-refractivity contribution in [1.29, 1.82) is 0 Å². The molecule has 0 saturated carbocycles. The zero-order chi connectivity index (χ0) is 16.0. The summed E-state index contributed by atoms with van der Waals surface area (Å²) < 4.78 is 23.7. The van der Waals surface area contributed by atoms with Gasteiger partial charge in [0.1, 0.15) is 0 Å². The van der Waals surface area contributed by atoms with Crippen molar-refractivity contribution >= 4 is 10.8 Å². The minimum Gasteiger partial charge on any atom is -0.392 e. The largest absolute Gasteiger partial charge is 0.392 e. The van der Waals surface area contributed by atoms with E-state index in [9.17, 15) is 9.32 Å². The van der Waals surface area contributed by atoms with Crippen LogP contribution in [0.25, 0.3) is 0 Å². The molecular weight excluding hydrogens is 300 g/mol. The number of hydrogen-bond donors (Lipinski definition) is 1. The molecule has 0 bridgehead atoms. The van der Waals surface area contributed by atoms with Crippen LogP contribution in [0.2, 0.25) is 0 Å². The van der Waals surface area contributed by atoms with E-state index in [1.807, 2.05) is 37.3 Å². The molecule has 1 aromatic carbocycles. The normalized spacial score (nSPS) is 19.7. The molecule has 5 heteroatoms. The number of benzene rings is 1. The first-order chi connectivity index (χ1) is 10.5. The van der Waals surface area contributed by atoms with Crippen LogP contribution >= 0.6 is 0 Å². The molecule has 1 unspecified atom stereocenters. The van der Waals surface area contributed by atoms with Gasteiger partial charge in [-0.25, -0.2) is 0 Å². The molecule has 0 aliphatic carbocycles. The second kappa shape index (κ2) is 8.02. The van der Waals surface area contributed by atoms with Gasteiger partial charge in [-0.15, -0.1) is 6.58 Å². The van der Waals surface area contributed by atoms with Crippen LogP contribution in [0.15, 0.2) is 41.8 Å². The summed E-state index contributed by atoms with van der Waals surface area (Å²) in [7, 11) is -1.23. The molecule has 1 saturated heterocycles. The maximum atomic E-state index is 12.3. The van der Waals surface area contributed by atoms with Gasteiger partial charge in [-0.1, -0.05) is 23.8 Å². The third-order valence-corrected chi connectivity index (χ3v) is 5.20. The molecule has 122 valence electrons. The number of aryl methyl sites for hydroxylation is 1. The van der Waals surface area contributed by atoms with Crippen LogP contribution in [0.4, 0.5) is 0 Å². The van der Waals surface area contributed by atoms with E-state index in [2.05, 4.69) is 6.58 Å². The highest BCUT2D eigenvalue weighted by Gasteiger charge is 2.38. The lowest BCUT2D eigenvalue weighted by Gasteiger charge is -2.29. The molecule has 1 fully saturated rings. The van der Waals surface area contributed by atoms with Crippen LogP contribution in [-0.2, 0) is 20.3 Å². The average Bonchev–Trinajstić information content (AvgIpc) is 2.94. The van der Waals surface area contributed by atoms with Crippen LogP contribution < -0.4 is 0 Å². The number of allylic oxidation sites excluding steroid dienone is 1. The van der Waals surface area contributed by atoms with Gasteiger partial charge in [0.25, 0.3) is 0 Å². The third-order valence-electron chi connectivity index (χ3n) is 3.72. The van der Waals surface area contributed by atoms with Crippen LogP contribution in [0.5, 0.6) is 0 Å². The molecule has 0 aromatic heterocycles. The van der Waals surface area contributed by atoms with Gasteiger partial charge in [-0.2, -0.15) is 0 Å². The summed E-state index contributed by atoms with van der Waals surface area (Å²) in [5, 5.41) is 10.3. The zero-order valence-corrected chi connectivity index (χ0v) is 13.8. The van der Waals surface area contributed by atoms with Crippen molar-refractivity contribution < 1.29 is 18.8 Å². The molecule has 4 nitrogen and oxygen atoms in total. The summed E-state index contributed by atoms with van der Waals surface area (Å²) in [6, 6.07) is 7.53. The smallest absolute Gasteiger partial charge is 0.171 e. The molecule has 2 atom stereocenters. The van der Waals surface area contributed by atoms with E-state index in [0.29, 0.717) is 26.1 Å². The van der Waals surface area contributed by atoms with Gasteiger partial charge in [0, 0.05) is 17.7 Å². The molecular formula is C17H24O4S. The van der Waals surface area contributed by atoms with Gasteiger partial charge in [0.05, 0.1) is 35.9 Å². The first-order valence-corrected chi connectivity index (χ1v) is 8.88. The van der Waals surface area contributed by atoms with E-state index in [0.717, 1.165) is 16.9 Å². The van der Waals surface area contributed by atoms with Crippen molar-refractivity contribution in [2.45, 2.75) is 43.0 Å². The second-order valence-electron chi connectivity index (χ2n) is 5.62. The van der Waals surface area contributed by atoms with E-state index < -0.39 is 22.7 Å². The fourth-order valence-electron chi connectivity index (χ4n) is 2.56. The predicted molar refractivity (Wildman–Crippen MR) is 87.1 cm³/mol. The lowest BCUT2D eigenvalue weighted by molar-refractivity contribution is -0.178. The molecule has 1 heterocycles. The highest BCUT2D eigenvalue weighted by Crippen LogP contribution is 2.30. The van der Waals surface area contributed by atoms with Crippen LogP contribution in [0, 0.1) is 6.92 Å². The first-order valence-electron chi connectivity index (χ1n) is 7.56. The Morgan fingerprint density at radius 1 is 1.36 bits per heavy atom. The summed E-state index contributed by atoms with van der Waals surface area (Å²) >= 11 is 0. The van der Waals surface area contributed by atoms with E-state index in [4.69, 9.17) is 9.47 Å². The Bertz CT molecular complexity index is 506. The van der Waals surface area contributed by atoms with E-state index in [1.54, 1.807) is 0 Å². The van der Waals surface area contributed by atoms with E-state index >= 15 is 0 Å². The number of ether oxygens (including phenoxy) is 2. The molecule has 1 aliphatic rings. The Hall–Kier alpha value is -1.01. The SMILES string of the molecule is C=CCCC1(C[C@H](O)CS(=O)c2ccc(C)cc2)OCCO1. The first kappa shape index (κ1) is 17.3. The van der Waals surface area contributed by atoms with Crippen LogP contribution in [-0.4, -0.2) is 40.2 Å². The highest BCUT2D eigenvalue weighted by atomic mass is 32.2. The molecule has 1 aliphatic heterocycles. The zero-order valence-electron chi connectivity index (χ0n) is 13.0. The summed E-state index contributed by atoms with van der Waals surface area (Å²) in [4.78, 5) is 0.734. The topological polar surface area (TPSA) is 55.8 Å². The number of rotatable bonds is 8. The summed E-state index contributed by atoms with van der Waals surface area (Å²) in [6.07, 6.45) is 2.82. The van der Waals surface area contributed by atoms with Gasteiger partial charge in [-0.05, 0) is 25.5 Å². The molecule has 0 radical (unpaired) electrons. The standard InChI is InChI=1S/C17H24O4S/c1-3-4-9-17(20-10-11-21-17)12-15(18)13-22(19)16-7-5-14(2)6-8-16/h3,5-8,15,18H,1,4,9-13H2,2H3/t15-,22?/m0/s1. The Morgan fingerprint density at radius 3 is 2.59 bits per heavy atom. The Morgan fingerprint density at radius 2 is 2.00 bits per heavy atom. The van der Waals surface area contributed by atoms with Gasteiger partial charge >= 0.3 is 0 Å². The van der Waals surface area contributed by atoms with Crippen molar-refractivity contribution in [2.24, 2.45) is 0 Å². The minimum absolute atomic E-state index is 0.186. The second-order valence-corrected chi connectivity index (χ2v) is 7.11. The van der Waals surface area contributed by atoms with Gasteiger partial charge in [0.15, 0.2) is 5.79 Å². The van der Waals surface area contributed by atoms with Crippen molar-refractivity contribution in [2.75, 3.05) is 19.0 Å². The lowest BCUT2D eigenvalue weighted by atomic mass is 10.0. The Kier molecular flexibility index (Phi) is 6.32. The van der Waals surface area contributed by atoms with Crippen LogP contribution in [0.3, 0.4) is 0 Å². The number of hydrogen-bond acceptors (Lipinski definition) is 4. The van der Waals surface area contributed by atoms with Crippen molar-refractivity contribution in [3.63, 3.8) is 0 Å².